The van der Waals surface area contributed by atoms with Gasteiger partial charge in [-0.1, -0.05) is 35.9 Å². The molecule has 1 aromatic heterocycles. The van der Waals surface area contributed by atoms with Gasteiger partial charge in [-0.05, 0) is 36.2 Å². The van der Waals surface area contributed by atoms with Crippen LogP contribution in [0.4, 0.5) is 5.13 Å². The second kappa shape index (κ2) is 8.70. The number of piperazine rings is 1. The van der Waals surface area contributed by atoms with E-state index in [2.05, 4.69) is 32.4 Å². The lowest BCUT2D eigenvalue weighted by Gasteiger charge is -2.34. The molecule has 1 saturated heterocycles. The van der Waals surface area contributed by atoms with E-state index in [1.54, 1.807) is 6.07 Å². The number of aromatic nitrogens is 2. The molecule has 1 aliphatic rings. The van der Waals surface area contributed by atoms with Crippen molar-refractivity contribution < 1.29 is 0 Å². The van der Waals surface area contributed by atoms with Gasteiger partial charge < -0.3 is 4.90 Å². The molecule has 3 aromatic rings. The number of anilines is 1. The van der Waals surface area contributed by atoms with E-state index in [1.165, 1.54) is 17.1 Å². The molecule has 0 N–H and O–H groups in total. The van der Waals surface area contributed by atoms with Crippen LogP contribution in [-0.4, -0.2) is 47.0 Å². The average molecular weight is 410 g/mol. The number of hydrogen-bond acceptors (Lipinski definition) is 6. The van der Waals surface area contributed by atoms with Crippen LogP contribution in [0.1, 0.15) is 11.1 Å². The van der Waals surface area contributed by atoms with Crippen LogP contribution < -0.4 is 4.90 Å². The molecule has 1 fully saturated rings. The maximum atomic E-state index is 9.06. The van der Waals surface area contributed by atoms with Crippen molar-refractivity contribution in [2.24, 2.45) is 0 Å². The first-order chi connectivity index (χ1) is 13.7. The third-order valence-corrected chi connectivity index (χ3v) is 5.97. The van der Waals surface area contributed by atoms with Gasteiger partial charge in [0.25, 0.3) is 0 Å². The van der Waals surface area contributed by atoms with E-state index < -0.39 is 0 Å². The first-order valence-electron chi connectivity index (χ1n) is 9.27. The molecular weight excluding hydrogens is 390 g/mol. The zero-order valence-corrected chi connectivity index (χ0v) is 17.0. The summed E-state index contributed by atoms with van der Waals surface area (Å²) in [5, 5.41) is 10.8. The maximum absolute atomic E-state index is 9.06. The second-order valence-corrected chi connectivity index (χ2v) is 7.97. The normalized spacial score (nSPS) is 14.8. The van der Waals surface area contributed by atoms with Crippen LogP contribution in [0.5, 0.6) is 0 Å². The predicted octanol–water partition coefficient (Wildman–Crippen LogP) is 4.09. The fourth-order valence-electron chi connectivity index (χ4n) is 3.29. The van der Waals surface area contributed by atoms with Crippen molar-refractivity contribution >= 4 is 28.3 Å². The van der Waals surface area contributed by atoms with Gasteiger partial charge in [0, 0.05) is 54.8 Å². The SMILES string of the molecule is N#Cc1cccc(-c2nsc(N3CCN(CCc4ccc(Cl)cc4)CC3)n2)c1. The monoisotopic (exact) mass is 409 g/mol. The number of rotatable bonds is 5. The third-order valence-electron chi connectivity index (χ3n) is 4.94. The molecule has 4 rings (SSSR count). The Morgan fingerprint density at radius 3 is 2.61 bits per heavy atom. The third kappa shape index (κ3) is 4.50. The van der Waals surface area contributed by atoms with Gasteiger partial charge in [0.1, 0.15) is 0 Å². The predicted molar refractivity (Wildman–Crippen MR) is 114 cm³/mol. The van der Waals surface area contributed by atoms with Crippen molar-refractivity contribution in [3.63, 3.8) is 0 Å². The lowest BCUT2D eigenvalue weighted by atomic mass is 10.1. The second-order valence-electron chi connectivity index (χ2n) is 6.80. The van der Waals surface area contributed by atoms with Crippen LogP contribution in [-0.2, 0) is 6.42 Å². The number of benzene rings is 2. The highest BCUT2D eigenvalue weighted by Crippen LogP contribution is 2.25. The van der Waals surface area contributed by atoms with Crippen LogP contribution in [0.3, 0.4) is 0 Å². The van der Waals surface area contributed by atoms with E-state index in [1.807, 2.05) is 30.3 Å². The van der Waals surface area contributed by atoms with Crippen LogP contribution in [0.15, 0.2) is 48.5 Å². The molecule has 28 heavy (non-hydrogen) atoms. The van der Waals surface area contributed by atoms with Gasteiger partial charge in [-0.3, -0.25) is 4.90 Å². The molecule has 0 aliphatic carbocycles. The highest BCUT2D eigenvalue weighted by atomic mass is 35.5. The molecule has 0 unspecified atom stereocenters. The quantitative estimate of drug-likeness (QED) is 0.635. The minimum Gasteiger partial charge on any atom is -0.344 e. The van der Waals surface area contributed by atoms with Gasteiger partial charge in [-0.15, -0.1) is 0 Å². The summed E-state index contributed by atoms with van der Waals surface area (Å²) in [5.74, 6) is 0.697. The smallest absolute Gasteiger partial charge is 0.205 e. The molecular formula is C21H20ClN5S. The summed E-state index contributed by atoms with van der Waals surface area (Å²) in [6.45, 7) is 5.00. The van der Waals surface area contributed by atoms with E-state index in [-0.39, 0.29) is 0 Å². The van der Waals surface area contributed by atoms with E-state index >= 15 is 0 Å². The summed E-state index contributed by atoms with van der Waals surface area (Å²) in [6.07, 6.45) is 1.04. The molecule has 0 bridgehead atoms. The van der Waals surface area contributed by atoms with Gasteiger partial charge in [0.05, 0.1) is 11.6 Å². The van der Waals surface area contributed by atoms with E-state index in [4.69, 9.17) is 21.8 Å². The van der Waals surface area contributed by atoms with Crippen molar-refractivity contribution in [1.82, 2.24) is 14.3 Å². The zero-order valence-electron chi connectivity index (χ0n) is 15.4. The van der Waals surface area contributed by atoms with E-state index in [0.717, 1.165) is 54.9 Å². The highest BCUT2D eigenvalue weighted by molar-refractivity contribution is 7.09. The van der Waals surface area contributed by atoms with Gasteiger partial charge in [0.2, 0.25) is 5.13 Å². The van der Waals surface area contributed by atoms with Crippen molar-refractivity contribution in [2.75, 3.05) is 37.6 Å². The summed E-state index contributed by atoms with van der Waals surface area (Å²) in [6, 6.07) is 17.7. The lowest BCUT2D eigenvalue weighted by molar-refractivity contribution is 0.261. The van der Waals surface area contributed by atoms with Crippen LogP contribution in [0, 0.1) is 11.3 Å². The molecule has 2 heterocycles. The van der Waals surface area contributed by atoms with Crippen LogP contribution in [0.2, 0.25) is 5.02 Å². The Kier molecular flexibility index (Phi) is 5.87. The van der Waals surface area contributed by atoms with Gasteiger partial charge in [0.15, 0.2) is 5.82 Å². The first kappa shape index (κ1) is 18.9. The molecule has 142 valence electrons. The molecule has 0 radical (unpaired) electrons. The summed E-state index contributed by atoms with van der Waals surface area (Å²) >= 11 is 7.38. The van der Waals surface area contributed by atoms with Crippen molar-refractivity contribution in [2.45, 2.75) is 6.42 Å². The Labute approximate surface area is 174 Å². The summed E-state index contributed by atoms with van der Waals surface area (Å²) in [7, 11) is 0. The van der Waals surface area contributed by atoms with Crippen molar-refractivity contribution in [3.05, 3.63) is 64.7 Å². The highest BCUT2D eigenvalue weighted by Gasteiger charge is 2.20. The average Bonchev–Trinajstić information content (AvgIpc) is 3.24. The summed E-state index contributed by atoms with van der Waals surface area (Å²) in [4.78, 5) is 9.49. The standard InChI is InChI=1S/C21H20ClN5S/c22-19-6-4-16(5-7-19)8-9-26-10-12-27(13-11-26)21-24-20(25-28-21)18-3-1-2-17(14-18)15-23/h1-7,14H,8-13H2. The van der Waals surface area contributed by atoms with E-state index in [0.29, 0.717) is 11.4 Å². The summed E-state index contributed by atoms with van der Waals surface area (Å²) < 4.78 is 4.49. The van der Waals surface area contributed by atoms with Gasteiger partial charge in [-0.25, -0.2) is 0 Å². The Bertz CT molecular complexity index is 971. The molecule has 1 aliphatic heterocycles. The van der Waals surface area contributed by atoms with Crippen molar-refractivity contribution in [1.29, 1.82) is 5.26 Å². The Morgan fingerprint density at radius 1 is 1.07 bits per heavy atom. The molecule has 2 aromatic carbocycles. The minimum absolute atomic E-state index is 0.628. The molecule has 0 spiro atoms. The number of halogens is 1. The molecule has 7 heteroatoms. The molecule has 0 saturated carbocycles. The fourth-order valence-corrected chi connectivity index (χ4v) is 4.16. The number of nitriles is 1. The first-order valence-corrected chi connectivity index (χ1v) is 10.4. The Balaban J connectivity index is 1.32. The largest absolute Gasteiger partial charge is 0.344 e. The van der Waals surface area contributed by atoms with Crippen molar-refractivity contribution in [3.8, 4) is 17.5 Å². The Morgan fingerprint density at radius 2 is 1.86 bits per heavy atom. The number of nitrogens with zero attached hydrogens (tertiary/aromatic N) is 5. The topological polar surface area (TPSA) is 56.1 Å². The van der Waals surface area contributed by atoms with Gasteiger partial charge >= 0.3 is 0 Å². The fraction of sp³-hybridized carbons (Fsp3) is 0.286. The number of hydrogen-bond donors (Lipinski definition) is 0. The van der Waals surface area contributed by atoms with E-state index in [9.17, 15) is 0 Å². The molecule has 0 amide bonds. The molecule has 5 nitrogen and oxygen atoms in total. The minimum atomic E-state index is 0.628. The van der Waals surface area contributed by atoms with Crippen LogP contribution in [0.25, 0.3) is 11.4 Å². The molecule has 0 atom stereocenters. The summed E-state index contributed by atoms with van der Waals surface area (Å²) in [5.41, 5.74) is 2.84. The zero-order chi connectivity index (χ0) is 19.3. The maximum Gasteiger partial charge on any atom is 0.205 e. The van der Waals surface area contributed by atoms with Gasteiger partial charge in [-0.2, -0.15) is 14.6 Å². The van der Waals surface area contributed by atoms with Crippen LogP contribution >= 0.6 is 23.1 Å². The Hall–Kier alpha value is -2.46. The lowest BCUT2D eigenvalue weighted by Crippen LogP contribution is -2.47.